The van der Waals surface area contributed by atoms with E-state index in [1.165, 1.54) is 6.92 Å². The Morgan fingerprint density at radius 3 is 2.39 bits per heavy atom. The van der Waals surface area contributed by atoms with Crippen molar-refractivity contribution < 1.29 is 49.3 Å². The van der Waals surface area contributed by atoms with Crippen LogP contribution in [0, 0.1) is 0 Å². The van der Waals surface area contributed by atoms with Crippen LogP contribution in [0.15, 0.2) is 4.99 Å². The number of amides is 1. The number of hydrogen-bond acceptors (Lipinski definition) is 11. The third kappa shape index (κ3) is 4.00. The van der Waals surface area contributed by atoms with Crippen LogP contribution in [0.25, 0.3) is 0 Å². The van der Waals surface area contributed by atoms with Gasteiger partial charge in [-0.1, -0.05) is 0 Å². The third-order valence-corrected chi connectivity index (χ3v) is 4.98. The minimum Gasteiger partial charge on any atom is -0.450 e. The number of ether oxygens (including phenoxy) is 4. The number of aliphatic imine (C=N–C) groups is 1. The molecule has 3 aliphatic rings. The molecule has 0 aromatic carbocycles. The van der Waals surface area contributed by atoms with Gasteiger partial charge in [0, 0.05) is 13.8 Å². The predicted octanol–water partition coefficient (Wildman–Crippen LogP) is -3.79. The molecule has 0 aromatic heterocycles. The highest BCUT2D eigenvalue weighted by molar-refractivity contribution is 5.75. The van der Waals surface area contributed by atoms with Crippen molar-refractivity contribution in [3.63, 3.8) is 0 Å². The van der Waals surface area contributed by atoms with Gasteiger partial charge in [-0.15, -0.1) is 0 Å². The van der Waals surface area contributed by atoms with E-state index in [-0.39, 0.29) is 0 Å². The van der Waals surface area contributed by atoms with Crippen LogP contribution in [0.2, 0.25) is 0 Å². The Bertz CT molecular complexity index is 604. The van der Waals surface area contributed by atoms with Gasteiger partial charge < -0.3 is 49.8 Å². The number of nitrogens with zero attached hydrogens (tertiary/aromatic N) is 1. The molecule has 10 atom stereocenters. The van der Waals surface area contributed by atoms with Gasteiger partial charge in [0.05, 0.1) is 13.2 Å². The lowest BCUT2D eigenvalue weighted by Crippen LogP contribution is -2.67. The van der Waals surface area contributed by atoms with Crippen molar-refractivity contribution in [3.05, 3.63) is 0 Å². The van der Waals surface area contributed by atoms with E-state index in [1.54, 1.807) is 6.92 Å². The van der Waals surface area contributed by atoms with Crippen LogP contribution < -0.4 is 5.32 Å². The number of hydrogen-bond donors (Lipinski definition) is 6. The summed E-state index contributed by atoms with van der Waals surface area (Å²) in [5.74, 6) is -0.199. The van der Waals surface area contributed by atoms with Crippen molar-refractivity contribution in [1.29, 1.82) is 0 Å². The molecule has 12 nitrogen and oxygen atoms in total. The summed E-state index contributed by atoms with van der Waals surface area (Å²) < 4.78 is 22.2. The fourth-order valence-electron chi connectivity index (χ4n) is 3.61. The van der Waals surface area contributed by atoms with E-state index in [2.05, 4.69) is 10.3 Å². The molecular weight excluding hydrogens is 380 g/mol. The minimum atomic E-state index is -1.50. The molecule has 0 aromatic rings. The summed E-state index contributed by atoms with van der Waals surface area (Å²) in [6.07, 6.45) is -9.76. The van der Waals surface area contributed by atoms with Gasteiger partial charge in [0.1, 0.15) is 48.7 Å². The molecule has 0 radical (unpaired) electrons. The standard InChI is InChI=1S/C16H26N2O10/c1-5(21)17-9-12(23)11(22)7(3-19)26-16(9)28-14-8(4-20)27-15-10(13(14)24)18-6(2)25-15/h7-16,19-20,22-24H,3-4H2,1-2H3,(H,17,21)/t7?,8?,9?,10?,11-,12?,13?,14-,15+,16+/m1/s1. The van der Waals surface area contributed by atoms with Crippen LogP contribution in [0.1, 0.15) is 13.8 Å². The fourth-order valence-corrected chi connectivity index (χ4v) is 3.61. The van der Waals surface area contributed by atoms with Crippen LogP contribution >= 0.6 is 0 Å². The summed E-state index contributed by atoms with van der Waals surface area (Å²) in [6.45, 7) is 1.68. The van der Waals surface area contributed by atoms with E-state index in [0.29, 0.717) is 5.90 Å². The molecule has 1 amide bonds. The largest absolute Gasteiger partial charge is 0.450 e. The number of carbonyl (C=O) groups is 1. The SMILES string of the molecule is CC(=O)NC1C(O)[C@H](O)C(CO)O[C@H]1O[C@@H]1C(CO)O[C@@H]2OC(C)=NC2C1O. The number of aliphatic hydroxyl groups is 5. The first kappa shape index (κ1) is 21.3. The minimum absolute atomic E-state index is 0.315. The number of carbonyl (C=O) groups excluding carboxylic acids is 1. The quantitative estimate of drug-likeness (QED) is 0.265. The Morgan fingerprint density at radius 2 is 1.79 bits per heavy atom. The van der Waals surface area contributed by atoms with Gasteiger partial charge >= 0.3 is 0 Å². The number of aliphatic hydroxyl groups excluding tert-OH is 5. The summed E-state index contributed by atoms with van der Waals surface area (Å²) in [4.78, 5) is 15.7. The highest BCUT2D eigenvalue weighted by atomic mass is 16.7. The molecule has 2 fully saturated rings. The van der Waals surface area contributed by atoms with Crippen molar-refractivity contribution in [2.45, 2.75) is 75.1 Å². The summed E-state index contributed by atoms with van der Waals surface area (Å²) in [6, 6.07) is -1.98. The lowest BCUT2D eigenvalue weighted by Gasteiger charge is -2.46. The van der Waals surface area contributed by atoms with Gasteiger partial charge in [-0.25, -0.2) is 4.99 Å². The monoisotopic (exact) mass is 406 g/mol. The van der Waals surface area contributed by atoms with Gasteiger partial charge in [-0.3, -0.25) is 4.79 Å². The Morgan fingerprint density at radius 1 is 1.11 bits per heavy atom. The van der Waals surface area contributed by atoms with E-state index in [4.69, 9.17) is 18.9 Å². The molecule has 0 spiro atoms. The molecular formula is C16H26N2O10. The zero-order chi connectivity index (χ0) is 20.6. The second-order valence-corrected chi connectivity index (χ2v) is 7.01. The third-order valence-electron chi connectivity index (χ3n) is 4.98. The molecule has 3 heterocycles. The van der Waals surface area contributed by atoms with Gasteiger partial charge in [-0.05, 0) is 0 Å². The van der Waals surface area contributed by atoms with Gasteiger partial charge in [0.15, 0.2) is 12.2 Å². The first-order chi connectivity index (χ1) is 13.3. The normalized spacial score (nSPS) is 45.8. The van der Waals surface area contributed by atoms with Crippen molar-refractivity contribution in [2.75, 3.05) is 13.2 Å². The summed E-state index contributed by atoms with van der Waals surface area (Å²) in [7, 11) is 0. The van der Waals surface area contributed by atoms with E-state index in [1.807, 2.05) is 0 Å². The first-order valence-corrected chi connectivity index (χ1v) is 8.97. The molecule has 0 bridgehead atoms. The van der Waals surface area contributed by atoms with Crippen molar-refractivity contribution in [2.24, 2.45) is 4.99 Å². The average Bonchev–Trinajstić information content (AvgIpc) is 3.03. The van der Waals surface area contributed by atoms with E-state index in [0.717, 1.165) is 0 Å². The van der Waals surface area contributed by atoms with Gasteiger partial charge in [0.2, 0.25) is 12.2 Å². The molecule has 3 aliphatic heterocycles. The Balaban J connectivity index is 1.81. The maximum atomic E-state index is 11.5. The second-order valence-electron chi connectivity index (χ2n) is 7.01. The Hall–Kier alpha value is -1.38. The lowest BCUT2D eigenvalue weighted by atomic mass is 9.95. The lowest BCUT2D eigenvalue weighted by molar-refractivity contribution is -0.322. The van der Waals surface area contributed by atoms with Crippen LogP contribution in [-0.2, 0) is 23.7 Å². The second kappa shape index (κ2) is 8.55. The fraction of sp³-hybridized carbons (Fsp3) is 0.875. The van der Waals surface area contributed by atoms with Crippen LogP contribution in [0.5, 0.6) is 0 Å². The number of nitrogens with one attached hydrogen (secondary N) is 1. The maximum Gasteiger partial charge on any atom is 0.227 e. The maximum absolute atomic E-state index is 11.5. The Kier molecular flexibility index (Phi) is 6.51. The van der Waals surface area contributed by atoms with Gasteiger partial charge in [-0.2, -0.15) is 0 Å². The molecule has 12 heteroatoms. The summed E-state index contributed by atoms with van der Waals surface area (Å²) in [5, 5.41) is 52.6. The van der Waals surface area contributed by atoms with Crippen LogP contribution in [0.3, 0.4) is 0 Å². The first-order valence-electron chi connectivity index (χ1n) is 8.97. The average molecular weight is 406 g/mol. The topological polar surface area (TPSA) is 180 Å². The molecule has 160 valence electrons. The zero-order valence-corrected chi connectivity index (χ0v) is 15.4. The highest BCUT2D eigenvalue weighted by Crippen LogP contribution is 2.32. The molecule has 6 unspecified atom stereocenters. The van der Waals surface area contributed by atoms with Crippen molar-refractivity contribution in [3.8, 4) is 0 Å². The zero-order valence-electron chi connectivity index (χ0n) is 15.4. The number of fused-ring (bicyclic) bond motifs is 1. The van der Waals surface area contributed by atoms with Crippen LogP contribution in [0.4, 0.5) is 0 Å². The molecule has 28 heavy (non-hydrogen) atoms. The van der Waals surface area contributed by atoms with E-state index >= 15 is 0 Å². The Labute approximate surface area is 160 Å². The predicted molar refractivity (Wildman–Crippen MR) is 90.0 cm³/mol. The molecule has 0 saturated carbocycles. The molecule has 3 rings (SSSR count). The highest BCUT2D eigenvalue weighted by Gasteiger charge is 2.53. The van der Waals surface area contributed by atoms with Gasteiger partial charge in [0.25, 0.3) is 0 Å². The van der Waals surface area contributed by atoms with E-state index < -0.39 is 80.4 Å². The molecule has 6 N–H and O–H groups in total. The molecule has 2 saturated heterocycles. The summed E-state index contributed by atoms with van der Waals surface area (Å²) in [5.41, 5.74) is 0. The van der Waals surface area contributed by atoms with Crippen molar-refractivity contribution >= 4 is 11.8 Å². The smallest absolute Gasteiger partial charge is 0.227 e. The number of rotatable bonds is 5. The van der Waals surface area contributed by atoms with Crippen molar-refractivity contribution in [1.82, 2.24) is 5.32 Å². The summed E-state index contributed by atoms with van der Waals surface area (Å²) >= 11 is 0. The van der Waals surface area contributed by atoms with Crippen LogP contribution in [-0.4, -0.2) is 112 Å². The van der Waals surface area contributed by atoms with E-state index in [9.17, 15) is 30.3 Å². The molecule has 0 aliphatic carbocycles.